The Balaban J connectivity index is 1.74. The number of nitrogens with zero attached hydrogens (tertiary/aromatic N) is 4. The summed E-state index contributed by atoms with van der Waals surface area (Å²) in [6.45, 7) is 10.9. The molecule has 0 bridgehead atoms. The van der Waals surface area contributed by atoms with Gasteiger partial charge in [-0.3, -0.25) is 14.0 Å². The summed E-state index contributed by atoms with van der Waals surface area (Å²) in [5, 5.41) is 7.42. The van der Waals surface area contributed by atoms with Gasteiger partial charge in [0, 0.05) is 67.0 Å². The topological polar surface area (TPSA) is 54.0 Å². The second-order valence-corrected chi connectivity index (χ2v) is 17.3. The van der Waals surface area contributed by atoms with Gasteiger partial charge in [0.1, 0.15) is 12.4 Å². The Kier molecular flexibility index (Phi) is 7.31. The Labute approximate surface area is 233 Å². The molecule has 0 aliphatic carbocycles. The van der Waals surface area contributed by atoms with Crippen LogP contribution in [0, 0.1) is 0 Å². The van der Waals surface area contributed by atoms with Crippen LogP contribution in [0.15, 0.2) is 59.5 Å². The fraction of sp³-hybridized carbons (Fsp3) is 0.310. The molecule has 0 saturated carbocycles. The van der Waals surface area contributed by atoms with E-state index in [0.29, 0.717) is 34.5 Å². The molecular weight excluding hydrogens is 535 g/mol. The largest absolute Gasteiger partial charge is 0.361 e. The average molecular weight is 568 g/mol. The highest BCUT2D eigenvalue weighted by atomic mass is 35.5. The molecule has 38 heavy (non-hydrogen) atoms. The van der Waals surface area contributed by atoms with E-state index in [-0.39, 0.29) is 5.56 Å². The molecule has 0 aliphatic rings. The number of ether oxygens (including phenoxy) is 1. The van der Waals surface area contributed by atoms with Crippen molar-refractivity contribution in [3.63, 3.8) is 0 Å². The monoisotopic (exact) mass is 566 g/mol. The molecule has 5 rings (SSSR count). The van der Waals surface area contributed by atoms with Crippen LogP contribution in [-0.2, 0) is 25.1 Å². The van der Waals surface area contributed by atoms with E-state index in [2.05, 4.69) is 54.4 Å². The Hall–Kier alpha value is -2.84. The van der Waals surface area contributed by atoms with Gasteiger partial charge in [-0.2, -0.15) is 5.10 Å². The van der Waals surface area contributed by atoms with E-state index in [4.69, 9.17) is 27.9 Å². The highest BCUT2D eigenvalue weighted by Crippen LogP contribution is 2.36. The number of aryl methyl sites for hydroxylation is 2. The second-order valence-electron chi connectivity index (χ2n) is 10.8. The Morgan fingerprint density at radius 2 is 1.76 bits per heavy atom. The van der Waals surface area contributed by atoms with Gasteiger partial charge in [0.25, 0.3) is 5.56 Å². The summed E-state index contributed by atoms with van der Waals surface area (Å²) < 4.78 is 12.0. The van der Waals surface area contributed by atoms with E-state index in [9.17, 15) is 4.79 Å². The average Bonchev–Trinajstić information content (AvgIpc) is 3.46. The minimum Gasteiger partial charge on any atom is -0.361 e. The maximum absolute atomic E-state index is 13.7. The molecule has 3 heterocycles. The number of hydrogen-bond acceptors (Lipinski definition) is 3. The van der Waals surface area contributed by atoms with Crippen LogP contribution in [0.25, 0.3) is 44.3 Å². The summed E-state index contributed by atoms with van der Waals surface area (Å²) in [6, 6.07) is 16.7. The van der Waals surface area contributed by atoms with Crippen LogP contribution in [0.3, 0.4) is 0 Å². The third-order valence-corrected chi connectivity index (χ3v) is 9.22. The van der Waals surface area contributed by atoms with Gasteiger partial charge in [-0.15, -0.1) is 0 Å². The van der Waals surface area contributed by atoms with Crippen molar-refractivity contribution in [2.24, 2.45) is 7.05 Å². The van der Waals surface area contributed by atoms with Gasteiger partial charge in [0.2, 0.25) is 0 Å². The second kappa shape index (κ2) is 10.4. The number of aromatic nitrogens is 4. The van der Waals surface area contributed by atoms with Crippen molar-refractivity contribution < 1.29 is 4.74 Å². The standard InChI is InChI=1S/C29H32Cl2N4O2Si/c1-6-35-26(11-12-32-35)19-7-10-27-22(15-19)23-17-24(21-9-8-20(30)16-25(21)31)29(36)33(2)28(23)34(27)18-37-13-14-38(3,4)5/h7-12,15-17H,6,13-14,18H2,1-5H3. The number of fused-ring (bicyclic) bond motifs is 3. The molecule has 0 N–H and O–H groups in total. The lowest BCUT2D eigenvalue weighted by Gasteiger charge is -2.17. The van der Waals surface area contributed by atoms with Crippen LogP contribution in [-0.4, -0.2) is 33.6 Å². The lowest BCUT2D eigenvalue weighted by atomic mass is 10.0. The lowest BCUT2D eigenvalue weighted by Crippen LogP contribution is -2.23. The van der Waals surface area contributed by atoms with Crippen molar-refractivity contribution in [2.45, 2.75) is 45.9 Å². The van der Waals surface area contributed by atoms with Gasteiger partial charge in [-0.25, -0.2) is 0 Å². The van der Waals surface area contributed by atoms with Crippen LogP contribution in [0.4, 0.5) is 0 Å². The van der Waals surface area contributed by atoms with Gasteiger partial charge in [-0.05, 0) is 49.4 Å². The van der Waals surface area contributed by atoms with E-state index in [1.54, 1.807) is 22.8 Å². The number of halogens is 2. The normalized spacial score (nSPS) is 12.2. The first kappa shape index (κ1) is 26.8. The lowest BCUT2D eigenvalue weighted by molar-refractivity contribution is 0.0922. The fourth-order valence-electron chi connectivity index (χ4n) is 4.91. The minimum absolute atomic E-state index is 0.128. The summed E-state index contributed by atoms with van der Waals surface area (Å²) in [6.07, 6.45) is 1.82. The van der Waals surface area contributed by atoms with Crippen molar-refractivity contribution in [1.29, 1.82) is 0 Å². The molecule has 0 atom stereocenters. The maximum Gasteiger partial charge on any atom is 0.259 e. The molecule has 3 aromatic heterocycles. The summed E-state index contributed by atoms with van der Waals surface area (Å²) in [5.74, 6) is 0. The molecule has 0 radical (unpaired) electrons. The zero-order chi connectivity index (χ0) is 27.2. The highest BCUT2D eigenvalue weighted by molar-refractivity contribution is 6.76. The number of pyridine rings is 1. The highest BCUT2D eigenvalue weighted by Gasteiger charge is 2.20. The van der Waals surface area contributed by atoms with E-state index in [1.807, 2.05) is 30.1 Å². The van der Waals surface area contributed by atoms with Crippen LogP contribution >= 0.6 is 23.2 Å². The van der Waals surface area contributed by atoms with Gasteiger partial charge < -0.3 is 9.30 Å². The summed E-state index contributed by atoms with van der Waals surface area (Å²) in [5.41, 5.74) is 5.00. The Morgan fingerprint density at radius 1 is 0.974 bits per heavy atom. The molecule has 0 aliphatic heterocycles. The summed E-state index contributed by atoms with van der Waals surface area (Å²) >= 11 is 12.7. The molecule has 9 heteroatoms. The summed E-state index contributed by atoms with van der Waals surface area (Å²) in [4.78, 5) is 13.7. The van der Waals surface area contributed by atoms with Crippen LogP contribution in [0.2, 0.25) is 35.7 Å². The van der Waals surface area contributed by atoms with Crippen molar-refractivity contribution >= 4 is 53.2 Å². The van der Waals surface area contributed by atoms with Crippen LogP contribution < -0.4 is 5.56 Å². The molecule has 0 spiro atoms. The smallest absolute Gasteiger partial charge is 0.259 e. The molecule has 198 valence electrons. The van der Waals surface area contributed by atoms with Crippen molar-refractivity contribution in [3.8, 4) is 22.4 Å². The van der Waals surface area contributed by atoms with Crippen LogP contribution in [0.1, 0.15) is 6.92 Å². The SMILES string of the molecule is CCn1nccc1-c1ccc2c(c1)c1cc(-c3ccc(Cl)cc3Cl)c(=O)n(C)c1n2COCC[Si](C)(C)C. The molecule has 0 fully saturated rings. The number of hydrogen-bond donors (Lipinski definition) is 0. The van der Waals surface area contributed by atoms with Gasteiger partial charge in [-0.1, -0.05) is 55.0 Å². The summed E-state index contributed by atoms with van der Waals surface area (Å²) in [7, 11) is 0.580. The van der Waals surface area contributed by atoms with Crippen molar-refractivity contribution in [3.05, 3.63) is 75.1 Å². The molecule has 2 aromatic carbocycles. The number of benzene rings is 2. The third-order valence-electron chi connectivity index (χ3n) is 6.97. The van der Waals surface area contributed by atoms with Gasteiger partial charge in [0.05, 0.1) is 16.2 Å². The van der Waals surface area contributed by atoms with Gasteiger partial charge >= 0.3 is 0 Å². The quantitative estimate of drug-likeness (QED) is 0.143. The van der Waals surface area contributed by atoms with E-state index in [1.165, 1.54) is 0 Å². The van der Waals surface area contributed by atoms with E-state index in [0.717, 1.165) is 45.8 Å². The molecule has 5 aromatic rings. The van der Waals surface area contributed by atoms with Crippen molar-refractivity contribution in [1.82, 2.24) is 18.9 Å². The predicted molar refractivity (Wildman–Crippen MR) is 161 cm³/mol. The molecule has 6 nitrogen and oxygen atoms in total. The molecule has 0 amide bonds. The fourth-order valence-corrected chi connectivity index (χ4v) is 6.18. The zero-order valence-corrected chi connectivity index (χ0v) is 24.9. The first-order valence-corrected chi connectivity index (χ1v) is 17.3. The zero-order valence-electron chi connectivity index (χ0n) is 22.4. The molecule has 0 unspecified atom stereocenters. The van der Waals surface area contributed by atoms with Crippen molar-refractivity contribution in [2.75, 3.05) is 6.61 Å². The Bertz CT molecular complexity index is 1710. The number of rotatable bonds is 8. The predicted octanol–water partition coefficient (Wildman–Crippen LogP) is 7.66. The third kappa shape index (κ3) is 4.96. The molecular formula is C29H32Cl2N4O2Si. The Morgan fingerprint density at radius 3 is 2.47 bits per heavy atom. The van der Waals surface area contributed by atoms with Crippen LogP contribution in [0.5, 0.6) is 0 Å². The van der Waals surface area contributed by atoms with E-state index >= 15 is 0 Å². The molecule has 0 saturated heterocycles. The minimum atomic E-state index is -1.23. The maximum atomic E-state index is 13.7. The van der Waals surface area contributed by atoms with Gasteiger partial charge in [0.15, 0.2) is 0 Å². The first-order chi connectivity index (χ1) is 18.1. The first-order valence-electron chi connectivity index (χ1n) is 12.8. The van der Waals surface area contributed by atoms with E-state index < -0.39 is 8.07 Å².